The molecule has 0 saturated carbocycles. The first-order valence-electron chi connectivity index (χ1n) is 6.71. The number of carbonyl (C=O) groups is 1. The van der Waals surface area contributed by atoms with E-state index in [0.717, 1.165) is 11.3 Å². The van der Waals surface area contributed by atoms with Crippen molar-refractivity contribution in [3.63, 3.8) is 0 Å². The molecule has 1 aromatic rings. The summed E-state index contributed by atoms with van der Waals surface area (Å²) in [6.07, 6.45) is 0.0973. The van der Waals surface area contributed by atoms with Gasteiger partial charge in [0, 0.05) is 6.61 Å². The summed E-state index contributed by atoms with van der Waals surface area (Å²) in [5.41, 5.74) is 0.450. The smallest absolute Gasteiger partial charge is 0.407 e. The lowest BCUT2D eigenvalue weighted by atomic mass is 10.1. The molecule has 0 bridgehead atoms. The van der Waals surface area contributed by atoms with Gasteiger partial charge in [-0.15, -0.1) is 0 Å². The third-order valence-corrected chi connectivity index (χ3v) is 2.38. The van der Waals surface area contributed by atoms with Gasteiger partial charge in [0.1, 0.15) is 18.0 Å². The third-order valence-electron chi connectivity index (χ3n) is 2.38. The van der Waals surface area contributed by atoms with Gasteiger partial charge >= 0.3 is 6.09 Å². The molecule has 2 N–H and O–H groups in total. The Balaban J connectivity index is 2.33. The van der Waals surface area contributed by atoms with Crippen molar-refractivity contribution in [2.75, 3.05) is 19.8 Å². The molecule has 0 unspecified atom stereocenters. The lowest BCUT2D eigenvalue weighted by Gasteiger charge is -2.19. The Bertz CT molecular complexity index is 426. The van der Waals surface area contributed by atoms with Gasteiger partial charge in [0.05, 0.1) is 6.54 Å². The summed E-state index contributed by atoms with van der Waals surface area (Å²) in [6.45, 7) is 6.23. The van der Waals surface area contributed by atoms with Crippen molar-refractivity contribution < 1.29 is 19.4 Å². The van der Waals surface area contributed by atoms with Crippen molar-refractivity contribution in [1.82, 2.24) is 5.32 Å². The van der Waals surface area contributed by atoms with Crippen molar-refractivity contribution >= 4 is 6.09 Å². The van der Waals surface area contributed by atoms with E-state index in [-0.39, 0.29) is 6.61 Å². The number of para-hydroxylation sites is 1. The summed E-state index contributed by atoms with van der Waals surface area (Å²) in [5, 5.41) is 11.6. The van der Waals surface area contributed by atoms with Crippen LogP contribution in [0.25, 0.3) is 0 Å². The van der Waals surface area contributed by atoms with Crippen molar-refractivity contribution in [3.8, 4) is 5.75 Å². The van der Waals surface area contributed by atoms with E-state index in [0.29, 0.717) is 19.6 Å². The van der Waals surface area contributed by atoms with Gasteiger partial charge in [-0.2, -0.15) is 0 Å². The van der Waals surface area contributed by atoms with Gasteiger partial charge in [0.2, 0.25) is 0 Å². The molecule has 112 valence electrons. The standard InChI is InChI=1S/C15H23NO4/c1-15(2,3)20-14(18)16-9-11-19-13-7-5-4-6-12(13)8-10-17/h4-7,17H,8-11H2,1-3H3,(H,16,18). The summed E-state index contributed by atoms with van der Waals surface area (Å²) in [5.74, 6) is 0.729. The van der Waals surface area contributed by atoms with Crippen LogP contribution in [0.1, 0.15) is 26.3 Å². The third kappa shape index (κ3) is 6.43. The normalized spacial score (nSPS) is 11.0. The van der Waals surface area contributed by atoms with Crippen molar-refractivity contribution in [3.05, 3.63) is 29.8 Å². The molecule has 0 spiro atoms. The highest BCUT2D eigenvalue weighted by molar-refractivity contribution is 5.67. The zero-order valence-corrected chi connectivity index (χ0v) is 12.3. The minimum atomic E-state index is -0.501. The van der Waals surface area contributed by atoms with Crippen LogP contribution in [0, 0.1) is 0 Å². The van der Waals surface area contributed by atoms with Crippen molar-refractivity contribution in [2.45, 2.75) is 32.8 Å². The quantitative estimate of drug-likeness (QED) is 0.784. The van der Waals surface area contributed by atoms with Gasteiger partial charge in [0.15, 0.2) is 0 Å². The molecule has 0 radical (unpaired) electrons. The molecule has 0 atom stereocenters. The molecule has 0 aliphatic rings. The largest absolute Gasteiger partial charge is 0.491 e. The van der Waals surface area contributed by atoms with Crippen LogP contribution in [0.2, 0.25) is 0 Å². The number of alkyl carbamates (subject to hydrolysis) is 1. The number of carbonyl (C=O) groups excluding carboxylic acids is 1. The number of hydrogen-bond acceptors (Lipinski definition) is 4. The fourth-order valence-electron chi connectivity index (χ4n) is 1.60. The summed E-state index contributed by atoms with van der Waals surface area (Å²) in [7, 11) is 0. The predicted octanol–water partition coefficient (Wildman–Crippen LogP) is 2.12. The Morgan fingerprint density at radius 3 is 2.65 bits per heavy atom. The molecular formula is C15H23NO4. The molecule has 0 aliphatic heterocycles. The van der Waals surface area contributed by atoms with Crippen molar-refractivity contribution in [2.24, 2.45) is 0 Å². The second-order valence-electron chi connectivity index (χ2n) is 5.36. The molecule has 1 amide bonds. The Labute approximate surface area is 119 Å². The lowest BCUT2D eigenvalue weighted by molar-refractivity contribution is 0.0520. The van der Waals surface area contributed by atoms with Crippen LogP contribution >= 0.6 is 0 Å². The highest BCUT2D eigenvalue weighted by atomic mass is 16.6. The minimum Gasteiger partial charge on any atom is -0.491 e. The van der Waals surface area contributed by atoms with E-state index in [2.05, 4.69) is 5.32 Å². The lowest BCUT2D eigenvalue weighted by Crippen LogP contribution is -2.34. The fraction of sp³-hybridized carbons (Fsp3) is 0.533. The van der Waals surface area contributed by atoms with Crippen LogP contribution < -0.4 is 10.1 Å². The van der Waals surface area contributed by atoms with E-state index < -0.39 is 11.7 Å². The van der Waals surface area contributed by atoms with Crippen LogP contribution in [0.5, 0.6) is 5.75 Å². The van der Waals surface area contributed by atoms with Crippen LogP contribution in [0.3, 0.4) is 0 Å². The first kappa shape index (κ1) is 16.3. The second kappa shape index (κ2) is 7.75. The molecule has 1 aromatic carbocycles. The zero-order valence-electron chi connectivity index (χ0n) is 12.3. The summed E-state index contributed by atoms with van der Waals surface area (Å²) < 4.78 is 10.7. The molecule has 20 heavy (non-hydrogen) atoms. The van der Waals surface area contributed by atoms with Gasteiger partial charge in [-0.3, -0.25) is 0 Å². The molecule has 0 saturated heterocycles. The molecule has 0 aliphatic carbocycles. The van der Waals surface area contributed by atoms with Crippen molar-refractivity contribution in [1.29, 1.82) is 0 Å². The molecule has 0 heterocycles. The molecule has 0 aromatic heterocycles. The predicted molar refractivity (Wildman–Crippen MR) is 77.0 cm³/mol. The number of nitrogens with one attached hydrogen (secondary N) is 1. The van der Waals surface area contributed by atoms with E-state index in [1.165, 1.54) is 0 Å². The summed E-state index contributed by atoms with van der Waals surface area (Å²) in [6, 6.07) is 7.53. The molecule has 1 rings (SSSR count). The van der Waals surface area contributed by atoms with Gasteiger partial charge in [-0.05, 0) is 38.8 Å². The maximum atomic E-state index is 11.4. The Morgan fingerprint density at radius 2 is 2.00 bits per heavy atom. The fourth-order valence-corrected chi connectivity index (χ4v) is 1.60. The molecule has 0 fully saturated rings. The maximum Gasteiger partial charge on any atom is 0.407 e. The average molecular weight is 281 g/mol. The SMILES string of the molecule is CC(C)(C)OC(=O)NCCOc1ccccc1CCO. The highest BCUT2D eigenvalue weighted by Crippen LogP contribution is 2.17. The first-order chi connectivity index (χ1) is 9.42. The number of amides is 1. The highest BCUT2D eigenvalue weighted by Gasteiger charge is 2.15. The number of benzene rings is 1. The summed E-state index contributed by atoms with van der Waals surface area (Å²) >= 11 is 0. The first-order valence-corrected chi connectivity index (χ1v) is 6.71. The number of aliphatic hydroxyl groups is 1. The van der Waals surface area contributed by atoms with E-state index in [9.17, 15) is 4.79 Å². The van der Waals surface area contributed by atoms with E-state index >= 15 is 0 Å². The average Bonchev–Trinajstić information content (AvgIpc) is 2.34. The van der Waals surface area contributed by atoms with E-state index in [4.69, 9.17) is 14.6 Å². The van der Waals surface area contributed by atoms with Gasteiger partial charge < -0.3 is 19.9 Å². The molecule has 5 nitrogen and oxygen atoms in total. The van der Waals surface area contributed by atoms with Crippen LogP contribution in [0.4, 0.5) is 4.79 Å². The maximum absolute atomic E-state index is 11.4. The topological polar surface area (TPSA) is 67.8 Å². The monoisotopic (exact) mass is 281 g/mol. The number of hydrogen-bond donors (Lipinski definition) is 2. The molecule has 5 heteroatoms. The Hall–Kier alpha value is -1.75. The summed E-state index contributed by atoms with van der Waals surface area (Å²) in [4.78, 5) is 11.4. The zero-order chi connectivity index (χ0) is 15.0. The minimum absolute atomic E-state index is 0.0799. The Morgan fingerprint density at radius 1 is 1.30 bits per heavy atom. The Kier molecular flexibility index (Phi) is 6.31. The molecular weight excluding hydrogens is 258 g/mol. The van der Waals surface area contributed by atoms with Crippen LogP contribution in [0.15, 0.2) is 24.3 Å². The van der Waals surface area contributed by atoms with Crippen LogP contribution in [-0.2, 0) is 11.2 Å². The number of rotatable bonds is 6. The van der Waals surface area contributed by atoms with Gasteiger partial charge in [0.25, 0.3) is 0 Å². The van der Waals surface area contributed by atoms with Crippen LogP contribution in [-0.4, -0.2) is 36.6 Å². The second-order valence-corrected chi connectivity index (χ2v) is 5.36. The number of ether oxygens (including phenoxy) is 2. The van der Waals surface area contributed by atoms with Gasteiger partial charge in [-0.1, -0.05) is 18.2 Å². The van der Waals surface area contributed by atoms with E-state index in [1.807, 2.05) is 45.0 Å². The van der Waals surface area contributed by atoms with Gasteiger partial charge in [-0.25, -0.2) is 4.79 Å². The van der Waals surface area contributed by atoms with E-state index in [1.54, 1.807) is 0 Å². The number of aliphatic hydroxyl groups excluding tert-OH is 1.